The van der Waals surface area contributed by atoms with Gasteiger partial charge in [0.05, 0.1) is 10.0 Å². The van der Waals surface area contributed by atoms with E-state index in [4.69, 9.17) is 0 Å². The minimum absolute atomic E-state index is 0.132. The highest BCUT2D eigenvalue weighted by molar-refractivity contribution is 9.10. The number of aliphatic hydroxyl groups is 1. The van der Waals surface area contributed by atoms with Gasteiger partial charge in [0, 0.05) is 9.75 Å². The molecule has 2 aromatic rings. The largest absolute Gasteiger partial charge is 0.380 e. The SMILES string of the molecule is Cc1ccc(C(C)(O)c2c(F)ccc(Br)c2F)s1. The van der Waals surface area contributed by atoms with Crippen molar-refractivity contribution in [2.75, 3.05) is 0 Å². The van der Waals surface area contributed by atoms with Gasteiger partial charge in [0.15, 0.2) is 0 Å². The van der Waals surface area contributed by atoms with Gasteiger partial charge in [-0.15, -0.1) is 11.3 Å². The van der Waals surface area contributed by atoms with Crippen molar-refractivity contribution in [3.8, 4) is 0 Å². The Morgan fingerprint density at radius 1 is 1.22 bits per heavy atom. The molecule has 96 valence electrons. The maximum Gasteiger partial charge on any atom is 0.146 e. The molecule has 1 aromatic heterocycles. The van der Waals surface area contributed by atoms with E-state index in [2.05, 4.69) is 15.9 Å². The lowest BCUT2D eigenvalue weighted by molar-refractivity contribution is 0.0971. The van der Waals surface area contributed by atoms with Gasteiger partial charge in [0.1, 0.15) is 17.2 Å². The topological polar surface area (TPSA) is 20.2 Å². The zero-order chi connectivity index (χ0) is 13.5. The fourth-order valence-electron chi connectivity index (χ4n) is 1.79. The Hall–Kier alpha value is -0.780. The normalized spacial score (nSPS) is 14.6. The van der Waals surface area contributed by atoms with Crippen LogP contribution < -0.4 is 0 Å². The fourth-order valence-corrected chi connectivity index (χ4v) is 3.04. The highest BCUT2D eigenvalue weighted by atomic mass is 79.9. The van der Waals surface area contributed by atoms with Crippen molar-refractivity contribution in [1.29, 1.82) is 0 Å². The summed E-state index contributed by atoms with van der Waals surface area (Å²) in [7, 11) is 0. The molecule has 0 saturated carbocycles. The molecule has 0 aliphatic rings. The van der Waals surface area contributed by atoms with Crippen molar-refractivity contribution in [1.82, 2.24) is 0 Å². The summed E-state index contributed by atoms with van der Waals surface area (Å²) in [6.45, 7) is 3.27. The molecule has 1 nitrogen and oxygen atoms in total. The van der Waals surface area contributed by atoms with Gasteiger partial charge in [0.25, 0.3) is 0 Å². The van der Waals surface area contributed by atoms with Crippen LogP contribution in [0.5, 0.6) is 0 Å². The van der Waals surface area contributed by atoms with Crippen LogP contribution in [0.2, 0.25) is 0 Å². The lowest BCUT2D eigenvalue weighted by Crippen LogP contribution is -2.25. The van der Waals surface area contributed by atoms with Gasteiger partial charge in [-0.05, 0) is 54.0 Å². The fraction of sp³-hybridized carbons (Fsp3) is 0.231. The zero-order valence-corrected chi connectivity index (χ0v) is 12.2. The second-order valence-corrected chi connectivity index (χ2v) is 6.34. The first-order chi connectivity index (χ1) is 8.34. The molecular formula is C13H11BrF2OS. The van der Waals surface area contributed by atoms with Gasteiger partial charge in [0.2, 0.25) is 0 Å². The lowest BCUT2D eigenvalue weighted by Gasteiger charge is -2.24. The van der Waals surface area contributed by atoms with Crippen molar-refractivity contribution in [2.24, 2.45) is 0 Å². The summed E-state index contributed by atoms with van der Waals surface area (Å²) >= 11 is 4.32. The number of hydrogen-bond acceptors (Lipinski definition) is 2. The molecule has 5 heteroatoms. The number of hydrogen-bond donors (Lipinski definition) is 1. The third-order valence-electron chi connectivity index (χ3n) is 2.75. The summed E-state index contributed by atoms with van der Waals surface area (Å²) in [5.41, 5.74) is -2.02. The van der Waals surface area contributed by atoms with Gasteiger partial charge >= 0.3 is 0 Å². The Kier molecular flexibility index (Phi) is 3.58. The van der Waals surface area contributed by atoms with Crippen LogP contribution in [0.15, 0.2) is 28.7 Å². The monoisotopic (exact) mass is 332 g/mol. The molecule has 0 fully saturated rings. The maximum absolute atomic E-state index is 14.0. The number of benzene rings is 1. The first kappa shape index (κ1) is 13.6. The van der Waals surface area contributed by atoms with Crippen LogP contribution in [0.4, 0.5) is 8.78 Å². The average Bonchev–Trinajstić information content (AvgIpc) is 2.71. The summed E-state index contributed by atoms with van der Waals surface area (Å²) in [6.07, 6.45) is 0. The molecule has 1 aromatic carbocycles. The van der Waals surface area contributed by atoms with Crippen LogP contribution in [0.3, 0.4) is 0 Å². The van der Waals surface area contributed by atoms with Crippen LogP contribution >= 0.6 is 27.3 Å². The Morgan fingerprint density at radius 2 is 1.89 bits per heavy atom. The minimum Gasteiger partial charge on any atom is -0.380 e. The number of thiophene rings is 1. The van der Waals surface area contributed by atoms with Crippen molar-refractivity contribution >= 4 is 27.3 Å². The van der Waals surface area contributed by atoms with Crippen LogP contribution in [-0.2, 0) is 5.60 Å². The molecule has 0 aliphatic heterocycles. The highest BCUT2D eigenvalue weighted by Gasteiger charge is 2.34. The first-order valence-electron chi connectivity index (χ1n) is 5.27. The van der Waals surface area contributed by atoms with Gasteiger partial charge in [-0.1, -0.05) is 0 Å². The molecule has 0 spiro atoms. The Bertz CT molecular complexity index is 593. The molecule has 0 aliphatic carbocycles. The third-order valence-corrected chi connectivity index (χ3v) is 4.57. The van der Waals surface area contributed by atoms with Crippen LogP contribution in [0.1, 0.15) is 22.2 Å². The van der Waals surface area contributed by atoms with E-state index in [-0.39, 0.29) is 10.0 Å². The molecule has 0 radical (unpaired) electrons. The quantitative estimate of drug-likeness (QED) is 0.810. The van der Waals surface area contributed by atoms with Gasteiger partial charge in [-0.25, -0.2) is 8.78 Å². The molecule has 0 bridgehead atoms. The summed E-state index contributed by atoms with van der Waals surface area (Å²) in [4.78, 5) is 1.48. The van der Waals surface area contributed by atoms with E-state index in [1.165, 1.54) is 24.3 Å². The van der Waals surface area contributed by atoms with E-state index in [0.717, 1.165) is 10.9 Å². The maximum atomic E-state index is 14.0. The average molecular weight is 333 g/mol. The van der Waals surface area contributed by atoms with Crippen molar-refractivity contribution < 1.29 is 13.9 Å². The Labute approximate surface area is 116 Å². The van der Waals surface area contributed by atoms with E-state index >= 15 is 0 Å². The Balaban J connectivity index is 2.64. The molecule has 0 amide bonds. The van der Waals surface area contributed by atoms with Crippen molar-refractivity contribution in [3.63, 3.8) is 0 Å². The molecule has 1 N–H and O–H groups in total. The summed E-state index contributed by atoms with van der Waals surface area (Å²) < 4.78 is 27.9. The highest BCUT2D eigenvalue weighted by Crippen LogP contribution is 2.38. The molecule has 18 heavy (non-hydrogen) atoms. The number of aryl methyl sites for hydroxylation is 1. The smallest absolute Gasteiger partial charge is 0.146 e. The molecule has 1 heterocycles. The van der Waals surface area contributed by atoms with Crippen molar-refractivity contribution in [2.45, 2.75) is 19.4 Å². The van der Waals surface area contributed by atoms with Crippen LogP contribution in [0.25, 0.3) is 0 Å². The van der Waals surface area contributed by atoms with Gasteiger partial charge in [-0.2, -0.15) is 0 Å². The molecule has 2 rings (SSSR count). The zero-order valence-electron chi connectivity index (χ0n) is 9.80. The molecule has 1 atom stereocenters. The lowest BCUT2D eigenvalue weighted by atomic mass is 9.93. The van der Waals surface area contributed by atoms with Gasteiger partial charge < -0.3 is 5.11 Å². The van der Waals surface area contributed by atoms with Crippen molar-refractivity contribution in [3.05, 3.63) is 55.7 Å². The van der Waals surface area contributed by atoms with Crippen LogP contribution in [0, 0.1) is 18.6 Å². The van der Waals surface area contributed by atoms with E-state index in [9.17, 15) is 13.9 Å². The number of rotatable bonds is 2. The van der Waals surface area contributed by atoms with E-state index < -0.39 is 17.2 Å². The van der Waals surface area contributed by atoms with E-state index in [0.29, 0.717) is 4.88 Å². The van der Waals surface area contributed by atoms with E-state index in [1.807, 2.05) is 13.0 Å². The molecule has 1 unspecified atom stereocenters. The second-order valence-electron chi connectivity index (χ2n) is 4.20. The van der Waals surface area contributed by atoms with Crippen LogP contribution in [-0.4, -0.2) is 5.11 Å². The molecule has 0 saturated heterocycles. The second kappa shape index (κ2) is 4.72. The van der Waals surface area contributed by atoms with Gasteiger partial charge in [-0.3, -0.25) is 0 Å². The summed E-state index contributed by atoms with van der Waals surface area (Å²) in [6, 6.07) is 5.91. The predicted molar refractivity (Wildman–Crippen MR) is 71.8 cm³/mol. The van der Waals surface area contributed by atoms with E-state index in [1.54, 1.807) is 6.07 Å². The predicted octanol–water partition coefficient (Wildman–Crippen LogP) is 4.35. The number of halogens is 3. The minimum atomic E-state index is -1.68. The third kappa shape index (κ3) is 2.22. The first-order valence-corrected chi connectivity index (χ1v) is 6.88. The Morgan fingerprint density at radius 3 is 2.44 bits per heavy atom. The summed E-state index contributed by atoms with van der Waals surface area (Å²) in [5, 5.41) is 10.5. The standard InChI is InChI=1S/C13H11BrF2OS/c1-7-3-6-10(18-7)13(2,17)11-9(15)5-4-8(14)12(11)16/h3-6,17H,1-2H3. The molecular weight excluding hydrogens is 322 g/mol. The summed E-state index contributed by atoms with van der Waals surface area (Å²) in [5.74, 6) is -1.53.